The Labute approximate surface area is 125 Å². The monoisotopic (exact) mass is 293 g/mol. The third-order valence-corrected chi connectivity index (χ3v) is 3.48. The van der Waals surface area contributed by atoms with Crippen LogP contribution in [-0.4, -0.2) is 30.8 Å². The van der Waals surface area contributed by atoms with Crippen LogP contribution in [-0.2, 0) is 6.54 Å². The molecule has 1 N–H and O–H groups in total. The van der Waals surface area contributed by atoms with Crippen LogP contribution in [0.15, 0.2) is 48.7 Å². The molecule has 7 nitrogen and oxygen atoms in total. The quantitative estimate of drug-likeness (QED) is 0.778. The molecule has 22 heavy (non-hydrogen) atoms. The van der Waals surface area contributed by atoms with Crippen LogP contribution in [0.3, 0.4) is 0 Å². The van der Waals surface area contributed by atoms with Crippen molar-refractivity contribution in [3.05, 3.63) is 60.3 Å². The highest BCUT2D eigenvalue weighted by atomic mass is 16.4. The number of carboxylic acids is 1. The second kappa shape index (κ2) is 4.66. The van der Waals surface area contributed by atoms with Crippen molar-refractivity contribution < 1.29 is 9.90 Å². The first-order valence-corrected chi connectivity index (χ1v) is 6.71. The molecule has 0 radical (unpaired) electrons. The van der Waals surface area contributed by atoms with E-state index in [2.05, 4.69) is 15.1 Å². The Kier molecular flexibility index (Phi) is 2.65. The zero-order chi connectivity index (χ0) is 15.1. The van der Waals surface area contributed by atoms with Crippen LogP contribution in [0.5, 0.6) is 0 Å². The van der Waals surface area contributed by atoms with Gasteiger partial charge < -0.3 is 10.0 Å². The molecular formula is C15H11N5O2. The number of aromatic carboxylic acids is 1. The third kappa shape index (κ3) is 1.83. The minimum Gasteiger partial charge on any atom is -0.475 e. The van der Waals surface area contributed by atoms with E-state index < -0.39 is 5.97 Å². The number of hydrogen-bond acceptors (Lipinski definition) is 5. The normalized spacial score (nSPS) is 12.6. The summed E-state index contributed by atoms with van der Waals surface area (Å²) in [5.74, 6) is -0.0527. The van der Waals surface area contributed by atoms with Gasteiger partial charge in [0.1, 0.15) is 5.69 Å². The molecule has 0 atom stereocenters. The molecule has 0 unspecified atom stereocenters. The van der Waals surface area contributed by atoms with E-state index in [9.17, 15) is 4.79 Å². The Balaban J connectivity index is 1.90. The van der Waals surface area contributed by atoms with Gasteiger partial charge in [0.2, 0.25) is 0 Å². The second-order valence-electron chi connectivity index (χ2n) is 4.84. The molecule has 0 spiro atoms. The first-order valence-electron chi connectivity index (χ1n) is 6.71. The van der Waals surface area contributed by atoms with Gasteiger partial charge in [0.05, 0.1) is 6.54 Å². The van der Waals surface area contributed by atoms with Gasteiger partial charge in [-0.25, -0.2) is 19.4 Å². The highest BCUT2D eigenvalue weighted by Gasteiger charge is 2.28. The Hall–Kier alpha value is -3.22. The van der Waals surface area contributed by atoms with E-state index in [0.29, 0.717) is 18.1 Å². The molecule has 1 aliphatic rings. The number of nitrogens with zero attached hydrogens (tertiary/aromatic N) is 5. The van der Waals surface area contributed by atoms with Gasteiger partial charge in [0.15, 0.2) is 11.6 Å². The molecule has 1 aliphatic heterocycles. The molecule has 0 fully saturated rings. The molecule has 3 heterocycles. The number of carbonyl (C=O) groups is 1. The summed E-state index contributed by atoms with van der Waals surface area (Å²) < 4.78 is 1.55. The van der Waals surface area contributed by atoms with Crippen LogP contribution in [0.4, 0.5) is 11.5 Å². The van der Waals surface area contributed by atoms with E-state index in [1.165, 1.54) is 0 Å². The average molecular weight is 293 g/mol. The summed E-state index contributed by atoms with van der Waals surface area (Å²) in [4.78, 5) is 21.6. The zero-order valence-corrected chi connectivity index (χ0v) is 11.4. The van der Waals surface area contributed by atoms with Crippen molar-refractivity contribution in [3.63, 3.8) is 0 Å². The number of pyridine rings is 1. The molecule has 7 heteroatoms. The van der Waals surface area contributed by atoms with Gasteiger partial charge in [-0.3, -0.25) is 0 Å². The van der Waals surface area contributed by atoms with Crippen molar-refractivity contribution in [1.29, 1.82) is 0 Å². The minimum atomic E-state index is -1.14. The van der Waals surface area contributed by atoms with E-state index in [-0.39, 0.29) is 5.82 Å². The van der Waals surface area contributed by atoms with Crippen molar-refractivity contribution in [2.24, 2.45) is 0 Å². The number of carboxylic acid groups (broad SMARTS) is 1. The average Bonchev–Trinajstić information content (AvgIpc) is 2.99. The van der Waals surface area contributed by atoms with Crippen LogP contribution in [0.1, 0.15) is 16.4 Å². The lowest BCUT2D eigenvalue weighted by Gasteiger charge is -2.29. The summed E-state index contributed by atoms with van der Waals surface area (Å²) in [6, 6.07) is 13.4. The smallest absolute Gasteiger partial charge is 0.375 e. The van der Waals surface area contributed by atoms with Crippen molar-refractivity contribution in [3.8, 4) is 5.69 Å². The van der Waals surface area contributed by atoms with Crippen LogP contribution in [0.2, 0.25) is 0 Å². The number of benzene rings is 1. The Morgan fingerprint density at radius 3 is 2.73 bits per heavy atom. The first kappa shape index (κ1) is 12.5. The number of hydrogen-bond donors (Lipinski definition) is 1. The van der Waals surface area contributed by atoms with Crippen LogP contribution >= 0.6 is 0 Å². The predicted molar refractivity (Wildman–Crippen MR) is 78.4 cm³/mol. The molecule has 0 saturated carbocycles. The summed E-state index contributed by atoms with van der Waals surface area (Å²) in [5.41, 5.74) is 1.68. The molecule has 108 valence electrons. The fourth-order valence-corrected chi connectivity index (χ4v) is 2.53. The van der Waals surface area contributed by atoms with Gasteiger partial charge in [0, 0.05) is 11.9 Å². The predicted octanol–water partition coefficient (Wildman–Crippen LogP) is 2.01. The highest BCUT2D eigenvalue weighted by molar-refractivity contribution is 5.83. The van der Waals surface area contributed by atoms with E-state index >= 15 is 0 Å². The minimum absolute atomic E-state index is 0.209. The molecule has 0 saturated heterocycles. The van der Waals surface area contributed by atoms with Gasteiger partial charge in [0.25, 0.3) is 5.82 Å². The van der Waals surface area contributed by atoms with Gasteiger partial charge >= 0.3 is 5.97 Å². The lowest BCUT2D eigenvalue weighted by molar-refractivity contribution is 0.0683. The Morgan fingerprint density at radius 1 is 1.14 bits per heavy atom. The topological polar surface area (TPSA) is 84.1 Å². The van der Waals surface area contributed by atoms with Gasteiger partial charge in [-0.05, 0) is 24.3 Å². The maximum absolute atomic E-state index is 11.1. The number of fused-ring (bicyclic) bond motifs is 3. The summed E-state index contributed by atoms with van der Waals surface area (Å²) >= 11 is 0. The fourth-order valence-electron chi connectivity index (χ4n) is 2.53. The lowest BCUT2D eigenvalue weighted by atomic mass is 10.2. The van der Waals surface area contributed by atoms with E-state index in [4.69, 9.17) is 5.11 Å². The lowest BCUT2D eigenvalue weighted by Crippen LogP contribution is -2.26. The SMILES string of the molecule is O=C(O)c1nc2n(n1)-c1cccnc1N(c1ccccc1)C2. The molecule has 0 bridgehead atoms. The van der Waals surface area contributed by atoms with Gasteiger partial charge in [-0.2, -0.15) is 0 Å². The maximum atomic E-state index is 11.1. The third-order valence-electron chi connectivity index (χ3n) is 3.48. The van der Waals surface area contributed by atoms with Crippen molar-refractivity contribution in [2.45, 2.75) is 6.54 Å². The van der Waals surface area contributed by atoms with Gasteiger partial charge in [-0.15, -0.1) is 5.10 Å². The second-order valence-corrected chi connectivity index (χ2v) is 4.84. The zero-order valence-electron chi connectivity index (χ0n) is 11.4. The summed E-state index contributed by atoms with van der Waals surface area (Å²) in [5, 5.41) is 13.2. The fraction of sp³-hybridized carbons (Fsp3) is 0.0667. The van der Waals surface area contributed by atoms with E-state index in [1.54, 1.807) is 16.9 Å². The van der Waals surface area contributed by atoms with Crippen molar-refractivity contribution in [2.75, 3.05) is 4.90 Å². The van der Waals surface area contributed by atoms with Crippen LogP contribution in [0, 0.1) is 0 Å². The van der Waals surface area contributed by atoms with Crippen molar-refractivity contribution in [1.82, 2.24) is 19.7 Å². The summed E-state index contributed by atoms with van der Waals surface area (Å²) in [6.45, 7) is 0.411. The van der Waals surface area contributed by atoms with E-state index in [0.717, 1.165) is 11.5 Å². The number of aromatic nitrogens is 4. The summed E-state index contributed by atoms with van der Waals surface area (Å²) in [7, 11) is 0. The molecule has 3 aromatic rings. The van der Waals surface area contributed by atoms with Crippen LogP contribution < -0.4 is 4.90 Å². The Bertz CT molecular complexity index is 859. The van der Waals surface area contributed by atoms with Crippen molar-refractivity contribution >= 4 is 17.5 Å². The molecule has 2 aromatic heterocycles. The summed E-state index contributed by atoms with van der Waals surface area (Å²) in [6.07, 6.45) is 1.70. The largest absolute Gasteiger partial charge is 0.475 e. The molecular weight excluding hydrogens is 282 g/mol. The molecule has 0 aliphatic carbocycles. The standard InChI is InChI=1S/C15H11N5O2/c21-15(22)13-17-12-9-19(10-5-2-1-3-6-10)14-11(20(12)18-13)7-4-8-16-14/h1-8H,9H2,(H,21,22). The van der Waals surface area contributed by atoms with Crippen LogP contribution in [0.25, 0.3) is 5.69 Å². The number of rotatable bonds is 2. The number of para-hydroxylation sites is 1. The molecule has 4 rings (SSSR count). The van der Waals surface area contributed by atoms with E-state index in [1.807, 2.05) is 41.3 Å². The number of anilines is 2. The van der Waals surface area contributed by atoms with Gasteiger partial charge in [-0.1, -0.05) is 18.2 Å². The Morgan fingerprint density at radius 2 is 1.95 bits per heavy atom. The molecule has 0 amide bonds. The first-order chi connectivity index (χ1) is 10.7. The maximum Gasteiger partial charge on any atom is 0.375 e. The molecule has 1 aromatic carbocycles. The highest BCUT2D eigenvalue weighted by Crippen LogP contribution is 2.34.